The van der Waals surface area contributed by atoms with Crippen molar-refractivity contribution in [2.24, 2.45) is 0 Å². The van der Waals surface area contributed by atoms with Crippen molar-refractivity contribution in [1.82, 2.24) is 15.1 Å². The lowest BCUT2D eigenvalue weighted by Gasteiger charge is -2.30. The summed E-state index contributed by atoms with van der Waals surface area (Å²) >= 11 is 1.24. The number of thioether (sulfide) groups is 1. The van der Waals surface area contributed by atoms with Crippen molar-refractivity contribution >= 4 is 23.4 Å². The lowest BCUT2D eigenvalue weighted by molar-refractivity contribution is -0.129. The highest BCUT2D eigenvalue weighted by molar-refractivity contribution is 7.99. The fourth-order valence-electron chi connectivity index (χ4n) is 3.81. The first-order chi connectivity index (χ1) is 16.6. The lowest BCUT2D eigenvalue weighted by atomic mass is 10.2. The summed E-state index contributed by atoms with van der Waals surface area (Å²) in [6.45, 7) is 9.57. The molecule has 0 spiro atoms. The third-order valence-electron chi connectivity index (χ3n) is 5.69. The second-order valence-electron chi connectivity index (χ2n) is 7.81. The van der Waals surface area contributed by atoms with Gasteiger partial charge in [0.25, 0.3) is 5.22 Å². The molecule has 0 radical (unpaired) electrons. The first-order valence-corrected chi connectivity index (χ1v) is 12.6. The van der Waals surface area contributed by atoms with Gasteiger partial charge in [0.1, 0.15) is 6.61 Å². The Balaban J connectivity index is 1.30. The Morgan fingerprint density at radius 2 is 1.74 bits per heavy atom. The number of likely N-dealkylation sites (N-methyl/N-ethyl adjacent to an activating group) is 1. The van der Waals surface area contributed by atoms with Gasteiger partial charge in [-0.05, 0) is 57.2 Å². The van der Waals surface area contributed by atoms with Gasteiger partial charge in [0.05, 0.1) is 12.3 Å². The first kappa shape index (κ1) is 23.9. The molecule has 0 unspecified atom stereocenters. The maximum atomic E-state index is 12.8. The molecule has 1 aliphatic rings. The number of anilines is 1. The standard InChI is InChI=1S/C25H30N4O4S/c1-4-28(5-2)19-13-11-18(12-14-19)24-26-27-25(33-24)34-17-23(30)29(6-3)15-20-16-31-21-9-7-8-10-22(21)32-20/h7-14,20H,4-6,15-17H2,1-3H3/t20-/m1/s1. The highest BCUT2D eigenvalue weighted by Gasteiger charge is 2.25. The van der Waals surface area contributed by atoms with Crippen molar-refractivity contribution in [1.29, 1.82) is 0 Å². The first-order valence-electron chi connectivity index (χ1n) is 11.6. The van der Waals surface area contributed by atoms with Gasteiger partial charge in [-0.25, -0.2) is 0 Å². The Morgan fingerprint density at radius 1 is 1.00 bits per heavy atom. The average Bonchev–Trinajstić information content (AvgIpc) is 3.36. The molecule has 1 atom stereocenters. The monoisotopic (exact) mass is 482 g/mol. The predicted octanol–water partition coefficient (Wildman–Crippen LogP) is 4.36. The predicted molar refractivity (Wildman–Crippen MR) is 133 cm³/mol. The number of carbonyl (C=O) groups is 1. The number of nitrogens with zero attached hydrogens (tertiary/aromatic N) is 4. The fraction of sp³-hybridized carbons (Fsp3) is 0.400. The average molecular weight is 483 g/mol. The zero-order chi connectivity index (χ0) is 23.9. The van der Waals surface area contributed by atoms with Gasteiger partial charge in [0.2, 0.25) is 11.8 Å². The van der Waals surface area contributed by atoms with E-state index >= 15 is 0 Å². The number of hydrogen-bond donors (Lipinski definition) is 0. The molecule has 8 nitrogen and oxygen atoms in total. The second-order valence-corrected chi connectivity index (χ2v) is 8.74. The van der Waals surface area contributed by atoms with Crippen LogP contribution in [0.25, 0.3) is 11.5 Å². The molecule has 0 saturated carbocycles. The molecule has 3 aromatic rings. The summed E-state index contributed by atoms with van der Waals surface area (Å²) in [5, 5.41) is 8.62. The van der Waals surface area contributed by atoms with Gasteiger partial charge >= 0.3 is 0 Å². The van der Waals surface area contributed by atoms with Crippen LogP contribution in [0.1, 0.15) is 20.8 Å². The SMILES string of the molecule is CCN(C[C@@H]1COc2ccccc2O1)C(=O)CSc1nnc(-c2ccc(N(CC)CC)cc2)o1. The number of ether oxygens (including phenoxy) is 2. The van der Waals surface area contributed by atoms with Crippen LogP contribution in [0.3, 0.4) is 0 Å². The van der Waals surface area contributed by atoms with Crippen molar-refractivity contribution in [2.45, 2.75) is 32.1 Å². The van der Waals surface area contributed by atoms with E-state index in [4.69, 9.17) is 13.9 Å². The molecule has 0 bridgehead atoms. The van der Waals surface area contributed by atoms with Gasteiger partial charge in [-0.3, -0.25) is 4.79 Å². The number of fused-ring (bicyclic) bond motifs is 1. The maximum absolute atomic E-state index is 12.8. The molecular weight excluding hydrogens is 452 g/mol. The van der Waals surface area contributed by atoms with Gasteiger partial charge in [-0.2, -0.15) is 0 Å². The number of hydrogen-bond acceptors (Lipinski definition) is 8. The Bertz CT molecular complexity index is 1080. The number of amides is 1. The molecule has 1 amide bonds. The number of carbonyl (C=O) groups excluding carboxylic acids is 1. The van der Waals surface area contributed by atoms with E-state index < -0.39 is 0 Å². The highest BCUT2D eigenvalue weighted by Crippen LogP contribution is 2.31. The Labute approximate surface area is 204 Å². The van der Waals surface area contributed by atoms with Crippen LogP contribution in [-0.4, -0.2) is 65.6 Å². The topological polar surface area (TPSA) is 80.9 Å². The number of aromatic nitrogens is 2. The molecule has 0 N–H and O–H groups in total. The van der Waals surface area contributed by atoms with Crippen LogP contribution in [0.5, 0.6) is 11.5 Å². The lowest BCUT2D eigenvalue weighted by Crippen LogP contribution is -2.44. The van der Waals surface area contributed by atoms with Crippen molar-refractivity contribution in [3.8, 4) is 23.0 Å². The van der Waals surface area contributed by atoms with Crippen molar-refractivity contribution in [3.05, 3.63) is 48.5 Å². The molecule has 9 heteroatoms. The zero-order valence-corrected chi connectivity index (χ0v) is 20.6. The molecule has 0 fully saturated rings. The summed E-state index contributed by atoms with van der Waals surface area (Å²) in [6, 6.07) is 15.6. The normalized spacial score (nSPS) is 14.6. The molecule has 2 heterocycles. The van der Waals surface area contributed by atoms with E-state index in [0.29, 0.717) is 36.6 Å². The number of para-hydroxylation sites is 2. The minimum Gasteiger partial charge on any atom is -0.486 e. The highest BCUT2D eigenvalue weighted by atomic mass is 32.2. The van der Waals surface area contributed by atoms with E-state index in [-0.39, 0.29) is 17.8 Å². The minimum absolute atomic E-state index is 0.0155. The van der Waals surface area contributed by atoms with Gasteiger partial charge in [-0.15, -0.1) is 10.2 Å². The maximum Gasteiger partial charge on any atom is 0.277 e. The van der Waals surface area contributed by atoms with Crippen LogP contribution in [0.4, 0.5) is 5.69 Å². The van der Waals surface area contributed by atoms with Crippen LogP contribution >= 0.6 is 11.8 Å². The summed E-state index contributed by atoms with van der Waals surface area (Å²) in [6.07, 6.45) is -0.210. The van der Waals surface area contributed by atoms with Crippen molar-refractivity contribution in [3.63, 3.8) is 0 Å². The summed E-state index contributed by atoms with van der Waals surface area (Å²) in [4.78, 5) is 16.8. The van der Waals surface area contributed by atoms with Crippen LogP contribution in [0, 0.1) is 0 Å². The Morgan fingerprint density at radius 3 is 2.44 bits per heavy atom. The molecule has 0 saturated heterocycles. The summed E-state index contributed by atoms with van der Waals surface area (Å²) < 4.78 is 17.5. The summed E-state index contributed by atoms with van der Waals surface area (Å²) in [7, 11) is 0. The molecule has 180 valence electrons. The van der Waals surface area contributed by atoms with Gasteiger partial charge in [0.15, 0.2) is 17.6 Å². The van der Waals surface area contributed by atoms with E-state index in [1.165, 1.54) is 11.8 Å². The van der Waals surface area contributed by atoms with Gasteiger partial charge < -0.3 is 23.7 Å². The van der Waals surface area contributed by atoms with Crippen LogP contribution in [0.15, 0.2) is 58.2 Å². The molecular formula is C25H30N4O4S. The van der Waals surface area contributed by atoms with Gasteiger partial charge in [-0.1, -0.05) is 23.9 Å². The van der Waals surface area contributed by atoms with E-state index in [1.807, 2.05) is 43.3 Å². The van der Waals surface area contributed by atoms with Crippen LogP contribution < -0.4 is 14.4 Å². The number of benzene rings is 2. The minimum atomic E-state index is -0.210. The quantitative estimate of drug-likeness (QED) is 0.394. The van der Waals surface area contributed by atoms with Crippen molar-refractivity contribution < 1.29 is 18.7 Å². The largest absolute Gasteiger partial charge is 0.486 e. The molecule has 1 aromatic heterocycles. The second kappa shape index (κ2) is 11.3. The Hall–Kier alpha value is -3.20. The fourth-order valence-corrected chi connectivity index (χ4v) is 4.48. The summed E-state index contributed by atoms with van der Waals surface area (Å²) in [5.74, 6) is 2.08. The van der Waals surface area contributed by atoms with Crippen molar-refractivity contribution in [2.75, 3.05) is 43.4 Å². The van der Waals surface area contributed by atoms with Crippen LogP contribution in [0.2, 0.25) is 0 Å². The van der Waals surface area contributed by atoms with E-state index in [1.54, 1.807) is 4.90 Å². The van der Waals surface area contributed by atoms with Gasteiger partial charge in [0, 0.05) is 30.9 Å². The third kappa shape index (κ3) is 5.64. The summed E-state index contributed by atoms with van der Waals surface area (Å²) in [5.41, 5.74) is 2.01. The van der Waals surface area contributed by atoms with Crippen LogP contribution in [-0.2, 0) is 4.79 Å². The number of rotatable bonds is 10. The van der Waals surface area contributed by atoms with E-state index in [0.717, 1.165) is 30.1 Å². The zero-order valence-electron chi connectivity index (χ0n) is 19.8. The molecule has 2 aromatic carbocycles. The third-order valence-corrected chi connectivity index (χ3v) is 6.50. The molecule has 4 rings (SSSR count). The Kier molecular flexibility index (Phi) is 7.95. The smallest absolute Gasteiger partial charge is 0.277 e. The van der Waals surface area contributed by atoms with E-state index in [9.17, 15) is 4.79 Å². The van der Waals surface area contributed by atoms with E-state index in [2.05, 4.69) is 41.1 Å². The molecule has 34 heavy (non-hydrogen) atoms. The molecule has 1 aliphatic heterocycles. The molecule has 0 aliphatic carbocycles.